The summed E-state index contributed by atoms with van der Waals surface area (Å²) in [5.74, 6) is 0.489. The normalized spacial score (nSPS) is 18.7. The first kappa shape index (κ1) is 29.3. The van der Waals surface area contributed by atoms with E-state index in [0.29, 0.717) is 41.2 Å². The Labute approximate surface area is 250 Å². The van der Waals surface area contributed by atoms with Gasteiger partial charge in [0.05, 0.1) is 17.9 Å². The summed E-state index contributed by atoms with van der Waals surface area (Å²) in [5.41, 5.74) is 4.00. The quantitative estimate of drug-likeness (QED) is 0.292. The van der Waals surface area contributed by atoms with Crippen LogP contribution in [0.3, 0.4) is 0 Å². The molecule has 0 unspecified atom stereocenters. The average molecular weight is 612 g/mol. The first-order chi connectivity index (χ1) is 20.7. The number of hydrogen-bond donors (Lipinski definition) is 2. The van der Waals surface area contributed by atoms with Gasteiger partial charge in [0.15, 0.2) is 0 Å². The van der Waals surface area contributed by atoms with E-state index in [2.05, 4.69) is 50.6 Å². The number of nitriles is 1. The van der Waals surface area contributed by atoms with E-state index in [1.165, 1.54) is 11.9 Å². The molecule has 6 rings (SSSR count). The third kappa shape index (κ3) is 6.61. The summed E-state index contributed by atoms with van der Waals surface area (Å²) in [5, 5.41) is 17.8. The van der Waals surface area contributed by atoms with E-state index in [1.807, 2.05) is 10.6 Å². The molecule has 1 amide bonds. The highest BCUT2D eigenvalue weighted by molar-refractivity contribution is 7.18. The first-order valence-corrected chi connectivity index (χ1v) is 15.2. The van der Waals surface area contributed by atoms with Crippen molar-refractivity contribution in [1.82, 2.24) is 24.8 Å². The van der Waals surface area contributed by atoms with Gasteiger partial charge in [-0.1, -0.05) is 6.07 Å². The lowest BCUT2D eigenvalue weighted by Crippen LogP contribution is -2.43. The highest BCUT2D eigenvalue weighted by atomic mass is 32.1. The predicted molar refractivity (Wildman–Crippen MR) is 158 cm³/mol. The maximum atomic E-state index is 12.9. The van der Waals surface area contributed by atoms with Crippen LogP contribution < -0.4 is 10.6 Å². The number of carbonyl (C=O) groups is 1. The summed E-state index contributed by atoms with van der Waals surface area (Å²) in [6.07, 6.45) is -1.43. The molecule has 0 aliphatic carbocycles. The number of halogens is 3. The molecule has 43 heavy (non-hydrogen) atoms. The Bertz CT molecular complexity index is 1670. The lowest BCUT2D eigenvalue weighted by molar-refractivity contribution is -0.133. The van der Waals surface area contributed by atoms with E-state index in [1.54, 1.807) is 6.07 Å². The van der Waals surface area contributed by atoms with Crippen LogP contribution >= 0.6 is 11.3 Å². The minimum Gasteiger partial charge on any atom is -0.367 e. The molecule has 1 aromatic carbocycles. The van der Waals surface area contributed by atoms with Gasteiger partial charge in [0.1, 0.15) is 35.3 Å². The average Bonchev–Trinajstić information content (AvgIpc) is 3.55. The maximum Gasteiger partial charge on any atom is 0.393 e. The van der Waals surface area contributed by atoms with Gasteiger partial charge in [-0.2, -0.15) is 18.4 Å². The number of aryl methyl sites for hydroxylation is 2. The van der Waals surface area contributed by atoms with Gasteiger partial charge in [-0.05, 0) is 55.5 Å². The number of rotatable bonds is 8. The van der Waals surface area contributed by atoms with Crippen LogP contribution in [0.15, 0.2) is 30.6 Å². The molecule has 0 bridgehead atoms. The minimum absolute atomic E-state index is 0.0723. The third-order valence-electron chi connectivity index (χ3n) is 8.31. The number of hydrogen-bond acceptors (Lipinski definition) is 8. The molecule has 2 fully saturated rings. The number of likely N-dealkylation sites (tertiary alicyclic amines) is 1. The fourth-order valence-corrected chi connectivity index (χ4v) is 7.02. The number of amides is 1. The Kier molecular flexibility index (Phi) is 8.26. The molecule has 0 saturated carbocycles. The fourth-order valence-electron chi connectivity index (χ4n) is 5.99. The summed E-state index contributed by atoms with van der Waals surface area (Å²) in [6.45, 7) is 5.81. The zero-order chi connectivity index (χ0) is 30.1. The highest BCUT2D eigenvalue weighted by Gasteiger charge is 2.29. The Balaban J connectivity index is 1.08. The number of thiophene rings is 1. The number of ether oxygens (including phenoxy) is 1. The highest BCUT2D eigenvalue weighted by Crippen LogP contribution is 2.33. The molecule has 2 saturated heterocycles. The summed E-state index contributed by atoms with van der Waals surface area (Å²) in [4.78, 5) is 23.1. The van der Waals surface area contributed by atoms with Crippen molar-refractivity contribution in [1.29, 1.82) is 5.26 Å². The molecule has 2 N–H and O–H groups in total. The van der Waals surface area contributed by atoms with Crippen molar-refractivity contribution < 1.29 is 22.7 Å². The van der Waals surface area contributed by atoms with E-state index in [0.717, 1.165) is 60.3 Å². The molecule has 0 spiro atoms. The summed E-state index contributed by atoms with van der Waals surface area (Å²) in [7, 11) is 0. The molecule has 4 aromatic rings. The third-order valence-corrected chi connectivity index (χ3v) is 9.35. The van der Waals surface area contributed by atoms with Gasteiger partial charge < -0.3 is 19.9 Å². The number of nitrogens with zero attached hydrogens (tertiary/aromatic N) is 5. The Morgan fingerprint density at radius 1 is 1.21 bits per heavy atom. The van der Waals surface area contributed by atoms with Crippen LogP contribution in [0.25, 0.3) is 21.1 Å². The van der Waals surface area contributed by atoms with Gasteiger partial charge in [0, 0.05) is 54.5 Å². The topological polar surface area (TPSA) is 108 Å². The predicted octanol–water partition coefficient (Wildman–Crippen LogP) is 4.91. The molecule has 5 heterocycles. The lowest BCUT2D eigenvalue weighted by atomic mass is 10.0. The van der Waals surface area contributed by atoms with Crippen LogP contribution in [0.2, 0.25) is 0 Å². The molecule has 2 aliphatic heterocycles. The number of anilines is 1. The first-order valence-electron chi connectivity index (χ1n) is 14.4. The molecular weight excluding hydrogens is 579 g/mol. The maximum absolute atomic E-state index is 12.9. The van der Waals surface area contributed by atoms with Gasteiger partial charge in [-0.3, -0.25) is 9.69 Å². The zero-order valence-electron chi connectivity index (χ0n) is 23.7. The van der Waals surface area contributed by atoms with Gasteiger partial charge in [0.25, 0.3) is 0 Å². The smallest absolute Gasteiger partial charge is 0.367 e. The van der Waals surface area contributed by atoms with Crippen LogP contribution in [0.5, 0.6) is 0 Å². The largest absolute Gasteiger partial charge is 0.393 e. The number of aromatic nitrogens is 3. The molecule has 9 nitrogen and oxygen atoms in total. The number of carbonyl (C=O) groups excluding carboxylic acids is 1. The zero-order valence-corrected chi connectivity index (χ0v) is 24.5. The van der Waals surface area contributed by atoms with Crippen molar-refractivity contribution in [3.8, 4) is 6.07 Å². The molecule has 2 aliphatic rings. The van der Waals surface area contributed by atoms with Crippen molar-refractivity contribution >= 4 is 44.2 Å². The van der Waals surface area contributed by atoms with E-state index < -0.39 is 12.6 Å². The minimum atomic E-state index is -4.26. The second kappa shape index (κ2) is 12.1. The van der Waals surface area contributed by atoms with Crippen LogP contribution in [0.4, 0.5) is 19.0 Å². The fraction of sp³-hybridized carbons (Fsp3) is 0.467. The van der Waals surface area contributed by atoms with Gasteiger partial charge in [-0.25, -0.2) is 9.97 Å². The van der Waals surface area contributed by atoms with E-state index in [9.17, 15) is 23.2 Å². The van der Waals surface area contributed by atoms with Crippen molar-refractivity contribution in [3.63, 3.8) is 0 Å². The Morgan fingerprint density at radius 3 is 2.74 bits per heavy atom. The van der Waals surface area contributed by atoms with Crippen molar-refractivity contribution in [2.45, 2.75) is 64.0 Å². The van der Waals surface area contributed by atoms with E-state index in [4.69, 9.17) is 4.74 Å². The number of piperidine rings is 1. The molecule has 226 valence electrons. The molecular formula is C30H32F3N7O2S. The summed E-state index contributed by atoms with van der Waals surface area (Å²) in [6, 6.07) is 10.2. The van der Waals surface area contributed by atoms with Gasteiger partial charge in [-0.15, -0.1) is 11.3 Å². The van der Waals surface area contributed by atoms with Crippen molar-refractivity contribution in [3.05, 3.63) is 52.3 Å². The van der Waals surface area contributed by atoms with Gasteiger partial charge in [0.2, 0.25) is 5.91 Å². The number of morpholine rings is 1. The summed E-state index contributed by atoms with van der Waals surface area (Å²) >= 11 is 1.06. The van der Waals surface area contributed by atoms with Crippen LogP contribution in [0, 0.1) is 18.3 Å². The molecule has 13 heteroatoms. The Morgan fingerprint density at radius 2 is 2.02 bits per heavy atom. The van der Waals surface area contributed by atoms with Gasteiger partial charge >= 0.3 is 6.18 Å². The van der Waals surface area contributed by atoms with Crippen LogP contribution in [-0.2, 0) is 29.0 Å². The van der Waals surface area contributed by atoms with Crippen molar-refractivity contribution in [2.24, 2.45) is 0 Å². The molecule has 1 atom stereocenters. The van der Waals surface area contributed by atoms with Crippen molar-refractivity contribution in [2.75, 3.05) is 31.6 Å². The number of benzene rings is 1. The number of alkyl halides is 3. The van der Waals surface area contributed by atoms with Crippen LogP contribution in [0.1, 0.15) is 41.0 Å². The monoisotopic (exact) mass is 611 g/mol. The summed E-state index contributed by atoms with van der Waals surface area (Å²) < 4.78 is 46.4. The second-order valence-corrected chi connectivity index (χ2v) is 12.4. The standard InChI is InChI=1S/C30H32F3N7O2S/c1-18-19(2-3-26-24(18)10-21(13-34)40(26)9-6-22-14-35-27(41)16-42-22)15-39-7-4-20(5-8-39)38-28-25-11-23(12-30(31,32)33)43-29(25)37-17-36-28/h2-3,10-11,17,20,22H,4-9,12,14-16H2,1H3,(H,35,41)(H,36,37,38)/t22-/m1/s1. The SMILES string of the molecule is Cc1c(CN2CCC(Nc3ncnc4sc(CC(F)(F)F)cc34)CC2)ccc2c1cc(C#N)n2CC[C@@H]1CNC(=O)CO1. The van der Waals surface area contributed by atoms with E-state index in [-0.39, 0.29) is 29.5 Å². The second-order valence-electron chi connectivity index (χ2n) is 11.2. The number of fused-ring (bicyclic) bond motifs is 2. The lowest BCUT2D eigenvalue weighted by Gasteiger charge is -2.33. The number of nitrogens with one attached hydrogen (secondary N) is 2. The van der Waals surface area contributed by atoms with Crippen LogP contribution in [-0.4, -0.2) is 69.9 Å². The molecule has 3 aromatic heterocycles. The molecule has 0 radical (unpaired) electrons. The van der Waals surface area contributed by atoms with E-state index >= 15 is 0 Å². The Hall–Kier alpha value is -3.73.